The first-order valence-corrected chi connectivity index (χ1v) is 6.55. The molecule has 1 aliphatic heterocycles. The number of anilines is 1. The van der Waals surface area contributed by atoms with Crippen LogP contribution in [-0.4, -0.2) is 30.3 Å². The maximum absolute atomic E-state index is 11.9. The van der Waals surface area contributed by atoms with Crippen molar-refractivity contribution in [2.75, 3.05) is 5.32 Å². The predicted octanol–water partition coefficient (Wildman–Crippen LogP) is 1.03. The summed E-state index contributed by atoms with van der Waals surface area (Å²) >= 11 is 1.08. The Labute approximate surface area is 107 Å². The average molecular weight is 264 g/mol. The van der Waals surface area contributed by atoms with Gasteiger partial charge in [-0.1, -0.05) is 4.49 Å². The zero-order chi connectivity index (χ0) is 12.5. The van der Waals surface area contributed by atoms with Gasteiger partial charge in [0.15, 0.2) is 0 Å². The van der Waals surface area contributed by atoms with Crippen LogP contribution in [0.25, 0.3) is 0 Å². The molecule has 1 aliphatic rings. The minimum Gasteiger partial charge on any atom is -0.288 e. The molecule has 0 bridgehead atoms. The third kappa shape index (κ3) is 1.99. The maximum Gasteiger partial charge on any atom is 0.271 e. The van der Waals surface area contributed by atoms with Crippen molar-refractivity contribution in [3.05, 3.63) is 16.4 Å². The summed E-state index contributed by atoms with van der Waals surface area (Å²) in [6.45, 7) is 2.63. The van der Waals surface area contributed by atoms with Crippen molar-refractivity contribution in [3.63, 3.8) is 0 Å². The summed E-state index contributed by atoms with van der Waals surface area (Å²) in [5.41, 5.74) is 0.626. The molecule has 3 rings (SSSR count). The summed E-state index contributed by atoms with van der Waals surface area (Å²) in [4.78, 5) is 16.8. The van der Waals surface area contributed by atoms with E-state index in [0.29, 0.717) is 16.5 Å². The van der Waals surface area contributed by atoms with E-state index in [0.717, 1.165) is 43.2 Å². The van der Waals surface area contributed by atoms with Crippen molar-refractivity contribution < 1.29 is 4.79 Å². The highest BCUT2D eigenvalue weighted by Gasteiger charge is 2.18. The van der Waals surface area contributed by atoms with Crippen molar-refractivity contribution in [2.45, 2.75) is 32.7 Å². The first-order valence-electron chi connectivity index (χ1n) is 5.78. The summed E-state index contributed by atoms with van der Waals surface area (Å²) < 4.78 is 5.59. The molecule has 1 N–H and O–H groups in total. The molecule has 0 saturated heterocycles. The first-order chi connectivity index (χ1) is 8.74. The predicted molar refractivity (Wildman–Crippen MR) is 65.6 cm³/mol. The summed E-state index contributed by atoms with van der Waals surface area (Å²) in [7, 11) is 0. The smallest absolute Gasteiger partial charge is 0.271 e. The summed E-state index contributed by atoms with van der Waals surface area (Å²) in [5.74, 6) is 1.06. The van der Waals surface area contributed by atoms with Gasteiger partial charge in [0.05, 0.1) is 5.69 Å². The third-order valence-electron chi connectivity index (χ3n) is 2.85. The van der Waals surface area contributed by atoms with Crippen LogP contribution in [0.15, 0.2) is 0 Å². The highest BCUT2D eigenvalue weighted by Crippen LogP contribution is 2.15. The van der Waals surface area contributed by atoms with Crippen LogP contribution in [0, 0.1) is 6.92 Å². The fourth-order valence-electron chi connectivity index (χ4n) is 1.93. The van der Waals surface area contributed by atoms with Gasteiger partial charge >= 0.3 is 0 Å². The Bertz CT molecular complexity index is 565. The van der Waals surface area contributed by atoms with Crippen molar-refractivity contribution in [3.8, 4) is 0 Å². The quantitative estimate of drug-likeness (QED) is 0.875. The van der Waals surface area contributed by atoms with Crippen LogP contribution in [0.2, 0.25) is 0 Å². The molecular formula is C10H12N6OS. The Morgan fingerprint density at radius 2 is 2.33 bits per heavy atom. The number of carbonyl (C=O) groups excluding carboxylic acids is 1. The normalized spacial score (nSPS) is 14.3. The van der Waals surface area contributed by atoms with E-state index in [1.54, 1.807) is 6.92 Å². The molecule has 0 aliphatic carbocycles. The molecule has 0 fully saturated rings. The highest BCUT2D eigenvalue weighted by atomic mass is 32.1. The van der Waals surface area contributed by atoms with Gasteiger partial charge < -0.3 is 0 Å². The molecule has 7 nitrogen and oxygen atoms in total. The molecular weight excluding hydrogens is 252 g/mol. The fraction of sp³-hybridized carbons (Fsp3) is 0.500. The summed E-state index contributed by atoms with van der Waals surface area (Å²) in [6.07, 6.45) is 3.16. The SMILES string of the molecule is Cc1nnsc1C(=O)Nc1nc2n(n1)CCCC2. The molecule has 0 aromatic carbocycles. The van der Waals surface area contributed by atoms with Gasteiger partial charge in [-0.25, -0.2) is 4.68 Å². The van der Waals surface area contributed by atoms with E-state index in [2.05, 4.69) is 25.0 Å². The number of aromatic nitrogens is 5. The number of aryl methyl sites for hydroxylation is 3. The molecule has 1 amide bonds. The molecule has 18 heavy (non-hydrogen) atoms. The van der Waals surface area contributed by atoms with Crippen molar-refractivity contribution in [2.24, 2.45) is 0 Å². The molecule has 2 aromatic rings. The summed E-state index contributed by atoms with van der Waals surface area (Å²) in [6, 6.07) is 0. The highest BCUT2D eigenvalue weighted by molar-refractivity contribution is 7.08. The zero-order valence-electron chi connectivity index (χ0n) is 9.88. The second-order valence-corrected chi connectivity index (χ2v) is 4.93. The monoisotopic (exact) mass is 264 g/mol. The van der Waals surface area contributed by atoms with Crippen LogP contribution in [0.4, 0.5) is 5.95 Å². The van der Waals surface area contributed by atoms with Gasteiger partial charge in [-0.3, -0.25) is 10.1 Å². The largest absolute Gasteiger partial charge is 0.288 e. The lowest BCUT2D eigenvalue weighted by Gasteiger charge is -2.09. The maximum atomic E-state index is 11.9. The standard InChI is InChI=1S/C10H12N6OS/c1-6-8(18-15-13-6)9(17)12-10-11-7-4-2-3-5-16(7)14-10/h2-5H2,1H3,(H,12,14,17). The van der Waals surface area contributed by atoms with E-state index in [-0.39, 0.29) is 5.91 Å². The van der Waals surface area contributed by atoms with Gasteiger partial charge in [0.2, 0.25) is 5.95 Å². The lowest BCUT2D eigenvalue weighted by molar-refractivity contribution is 0.102. The molecule has 94 valence electrons. The number of fused-ring (bicyclic) bond motifs is 1. The van der Waals surface area contributed by atoms with Crippen LogP contribution in [0.5, 0.6) is 0 Å². The van der Waals surface area contributed by atoms with Crippen molar-refractivity contribution in [1.82, 2.24) is 24.4 Å². The molecule has 0 atom stereocenters. The number of hydrogen-bond acceptors (Lipinski definition) is 6. The second kappa shape index (κ2) is 4.45. The number of nitrogens with one attached hydrogen (secondary N) is 1. The Morgan fingerprint density at radius 3 is 3.06 bits per heavy atom. The molecule has 0 unspecified atom stereocenters. The van der Waals surface area contributed by atoms with Crippen LogP contribution >= 0.6 is 11.5 Å². The Morgan fingerprint density at radius 1 is 1.44 bits per heavy atom. The van der Waals surface area contributed by atoms with E-state index < -0.39 is 0 Å². The topological polar surface area (TPSA) is 85.6 Å². The Hall–Kier alpha value is -1.83. The minimum atomic E-state index is -0.245. The van der Waals surface area contributed by atoms with Crippen LogP contribution in [-0.2, 0) is 13.0 Å². The molecule has 8 heteroatoms. The number of amides is 1. The number of rotatable bonds is 2. The van der Waals surface area contributed by atoms with Gasteiger partial charge in [0.1, 0.15) is 10.7 Å². The van der Waals surface area contributed by atoms with E-state index >= 15 is 0 Å². The molecule has 0 spiro atoms. The van der Waals surface area contributed by atoms with Crippen LogP contribution < -0.4 is 5.32 Å². The number of carbonyl (C=O) groups is 1. The van der Waals surface area contributed by atoms with Crippen LogP contribution in [0.1, 0.15) is 34.0 Å². The Kier molecular flexibility index (Phi) is 2.78. The number of hydrogen-bond donors (Lipinski definition) is 1. The van der Waals surface area contributed by atoms with Crippen molar-refractivity contribution in [1.29, 1.82) is 0 Å². The van der Waals surface area contributed by atoms with Gasteiger partial charge in [-0.15, -0.1) is 10.2 Å². The second-order valence-electron chi connectivity index (χ2n) is 4.17. The van der Waals surface area contributed by atoms with Gasteiger partial charge in [0.25, 0.3) is 5.91 Å². The summed E-state index contributed by atoms with van der Waals surface area (Å²) in [5, 5.41) is 10.8. The Balaban J connectivity index is 1.79. The zero-order valence-corrected chi connectivity index (χ0v) is 10.7. The van der Waals surface area contributed by atoms with E-state index in [1.807, 2.05) is 4.68 Å². The minimum absolute atomic E-state index is 0.245. The van der Waals surface area contributed by atoms with Crippen molar-refractivity contribution >= 4 is 23.4 Å². The molecule has 3 heterocycles. The average Bonchev–Trinajstić information content (AvgIpc) is 2.94. The van der Waals surface area contributed by atoms with Crippen LogP contribution in [0.3, 0.4) is 0 Å². The number of nitrogens with zero attached hydrogens (tertiary/aromatic N) is 5. The van der Waals surface area contributed by atoms with Gasteiger partial charge in [-0.2, -0.15) is 4.98 Å². The van der Waals surface area contributed by atoms with Gasteiger partial charge in [-0.05, 0) is 31.3 Å². The van der Waals surface area contributed by atoms with Gasteiger partial charge in [0, 0.05) is 13.0 Å². The lowest BCUT2D eigenvalue weighted by Crippen LogP contribution is -2.13. The first kappa shape index (κ1) is 11.3. The molecule has 2 aromatic heterocycles. The van der Waals surface area contributed by atoms with E-state index in [9.17, 15) is 4.79 Å². The van der Waals surface area contributed by atoms with E-state index in [4.69, 9.17) is 0 Å². The molecule has 0 saturated carbocycles. The third-order valence-corrected chi connectivity index (χ3v) is 3.68. The lowest BCUT2D eigenvalue weighted by atomic mass is 10.2. The fourth-order valence-corrected chi connectivity index (χ4v) is 2.49. The van der Waals surface area contributed by atoms with E-state index in [1.165, 1.54) is 0 Å². The molecule has 0 radical (unpaired) electrons.